The maximum Gasteiger partial charge on any atom is 0.219 e. The number of primary amides is 1. The van der Waals surface area contributed by atoms with Crippen LogP contribution in [0.2, 0.25) is 0 Å². The Morgan fingerprint density at radius 2 is 2.11 bits per heavy atom. The molecule has 1 aromatic carbocycles. The Bertz CT molecular complexity index is 625. The Morgan fingerprint density at radius 1 is 1.37 bits per heavy atom. The minimum absolute atomic E-state index is 0.249. The average Bonchev–Trinajstić information content (AvgIpc) is 2.28. The predicted molar refractivity (Wildman–Crippen MR) is 81.0 cm³/mol. The summed E-state index contributed by atoms with van der Waals surface area (Å²) >= 11 is 3.52. The summed E-state index contributed by atoms with van der Waals surface area (Å²) in [4.78, 5) is 15.4. The van der Waals surface area contributed by atoms with Gasteiger partial charge in [-0.25, -0.2) is 4.98 Å². The van der Waals surface area contributed by atoms with Crippen LogP contribution < -0.4 is 11.1 Å². The molecular formula is C14H16BrN3O. The number of hydrogen-bond donors (Lipinski definition) is 2. The number of fused-ring (bicyclic) bond motifs is 1. The number of hydrogen-bond acceptors (Lipinski definition) is 3. The standard InChI is InChI=1S/C14H16BrN3O/c1-14(2,8-12(16)19)18-13-10-4-3-5-11(15)9(10)6-7-17-13/h3-7H,8H2,1-2H3,(H2,16,19)(H,17,18). The highest BCUT2D eigenvalue weighted by atomic mass is 79.9. The number of nitrogens with two attached hydrogens (primary N) is 1. The molecule has 1 aromatic heterocycles. The van der Waals surface area contributed by atoms with Crippen LogP contribution in [0, 0.1) is 0 Å². The monoisotopic (exact) mass is 321 g/mol. The van der Waals surface area contributed by atoms with Crippen molar-refractivity contribution in [3.63, 3.8) is 0 Å². The molecule has 0 unspecified atom stereocenters. The summed E-state index contributed by atoms with van der Waals surface area (Å²) < 4.78 is 1.02. The zero-order valence-corrected chi connectivity index (χ0v) is 12.5. The van der Waals surface area contributed by atoms with E-state index in [1.807, 2.05) is 38.1 Å². The zero-order valence-electron chi connectivity index (χ0n) is 10.9. The molecule has 0 saturated heterocycles. The molecule has 100 valence electrons. The lowest BCUT2D eigenvalue weighted by Gasteiger charge is -2.26. The molecule has 2 rings (SSSR count). The molecular weight excluding hydrogens is 306 g/mol. The molecule has 0 aliphatic rings. The van der Waals surface area contributed by atoms with Crippen molar-refractivity contribution in [3.8, 4) is 0 Å². The first-order valence-corrected chi connectivity index (χ1v) is 6.78. The molecule has 1 heterocycles. The van der Waals surface area contributed by atoms with E-state index in [1.165, 1.54) is 0 Å². The Labute approximate surface area is 120 Å². The third-order valence-corrected chi connectivity index (χ3v) is 3.52. The van der Waals surface area contributed by atoms with Crippen molar-refractivity contribution in [1.29, 1.82) is 0 Å². The Balaban J connectivity index is 2.41. The van der Waals surface area contributed by atoms with Crippen LogP contribution in [0.1, 0.15) is 20.3 Å². The number of benzene rings is 1. The van der Waals surface area contributed by atoms with Gasteiger partial charge in [0.1, 0.15) is 5.82 Å². The van der Waals surface area contributed by atoms with Gasteiger partial charge in [-0.2, -0.15) is 0 Å². The molecule has 2 aromatic rings. The summed E-state index contributed by atoms with van der Waals surface area (Å²) in [5, 5.41) is 5.37. The second-order valence-electron chi connectivity index (χ2n) is 5.15. The number of rotatable bonds is 4. The summed E-state index contributed by atoms with van der Waals surface area (Å²) in [6.07, 6.45) is 1.99. The number of pyridine rings is 1. The molecule has 0 atom stereocenters. The fourth-order valence-corrected chi connectivity index (χ4v) is 2.57. The molecule has 0 aliphatic carbocycles. The minimum atomic E-state index is -0.435. The Kier molecular flexibility index (Phi) is 3.75. The fourth-order valence-electron chi connectivity index (χ4n) is 2.07. The zero-order chi connectivity index (χ0) is 14.0. The van der Waals surface area contributed by atoms with Gasteiger partial charge in [-0.3, -0.25) is 4.79 Å². The van der Waals surface area contributed by atoms with E-state index in [4.69, 9.17) is 5.73 Å². The maximum atomic E-state index is 11.1. The summed E-state index contributed by atoms with van der Waals surface area (Å²) in [7, 11) is 0. The molecule has 4 nitrogen and oxygen atoms in total. The average molecular weight is 322 g/mol. The highest BCUT2D eigenvalue weighted by Crippen LogP contribution is 2.29. The van der Waals surface area contributed by atoms with Gasteiger partial charge in [-0.05, 0) is 26.0 Å². The van der Waals surface area contributed by atoms with Crippen LogP contribution in [0.5, 0.6) is 0 Å². The molecule has 0 aliphatic heterocycles. The lowest BCUT2D eigenvalue weighted by molar-refractivity contribution is -0.118. The second-order valence-corrected chi connectivity index (χ2v) is 6.00. The van der Waals surface area contributed by atoms with Crippen molar-refractivity contribution in [2.45, 2.75) is 25.8 Å². The molecule has 0 bridgehead atoms. The van der Waals surface area contributed by atoms with Gasteiger partial charge in [0.25, 0.3) is 0 Å². The number of aromatic nitrogens is 1. The van der Waals surface area contributed by atoms with Crippen molar-refractivity contribution in [2.24, 2.45) is 5.73 Å². The van der Waals surface area contributed by atoms with Crippen molar-refractivity contribution in [2.75, 3.05) is 5.32 Å². The molecule has 3 N–H and O–H groups in total. The highest BCUT2D eigenvalue weighted by Gasteiger charge is 2.21. The van der Waals surface area contributed by atoms with E-state index in [9.17, 15) is 4.79 Å². The van der Waals surface area contributed by atoms with Crippen LogP contribution in [0.25, 0.3) is 10.8 Å². The van der Waals surface area contributed by atoms with Gasteiger partial charge in [0.05, 0.1) is 0 Å². The minimum Gasteiger partial charge on any atom is -0.370 e. The van der Waals surface area contributed by atoms with Gasteiger partial charge >= 0.3 is 0 Å². The van der Waals surface area contributed by atoms with E-state index in [1.54, 1.807) is 6.20 Å². The van der Waals surface area contributed by atoms with E-state index in [2.05, 4.69) is 26.2 Å². The molecule has 19 heavy (non-hydrogen) atoms. The third kappa shape index (κ3) is 3.23. The van der Waals surface area contributed by atoms with E-state index in [0.29, 0.717) is 0 Å². The number of nitrogens with zero attached hydrogens (tertiary/aromatic N) is 1. The van der Waals surface area contributed by atoms with Crippen LogP contribution in [0.3, 0.4) is 0 Å². The van der Waals surface area contributed by atoms with Gasteiger partial charge < -0.3 is 11.1 Å². The molecule has 0 radical (unpaired) electrons. The Morgan fingerprint density at radius 3 is 2.79 bits per heavy atom. The van der Waals surface area contributed by atoms with Gasteiger partial charge in [-0.1, -0.05) is 28.1 Å². The molecule has 0 fully saturated rings. The van der Waals surface area contributed by atoms with Crippen LogP contribution in [-0.4, -0.2) is 16.4 Å². The summed E-state index contributed by atoms with van der Waals surface area (Å²) in [6, 6.07) is 7.89. The van der Waals surface area contributed by atoms with Crippen molar-refractivity contribution < 1.29 is 4.79 Å². The van der Waals surface area contributed by atoms with Crippen LogP contribution in [0.15, 0.2) is 34.9 Å². The number of nitrogens with one attached hydrogen (secondary N) is 1. The van der Waals surface area contributed by atoms with Crippen molar-refractivity contribution >= 4 is 38.4 Å². The van der Waals surface area contributed by atoms with E-state index >= 15 is 0 Å². The summed E-state index contributed by atoms with van der Waals surface area (Å²) in [6.45, 7) is 3.85. The largest absolute Gasteiger partial charge is 0.370 e. The topological polar surface area (TPSA) is 68.0 Å². The maximum absolute atomic E-state index is 11.1. The van der Waals surface area contributed by atoms with E-state index < -0.39 is 5.54 Å². The van der Waals surface area contributed by atoms with Gasteiger partial charge in [-0.15, -0.1) is 0 Å². The van der Waals surface area contributed by atoms with Gasteiger partial charge in [0.2, 0.25) is 5.91 Å². The molecule has 1 amide bonds. The van der Waals surface area contributed by atoms with Crippen molar-refractivity contribution in [3.05, 3.63) is 34.9 Å². The normalized spacial score (nSPS) is 11.5. The molecule has 5 heteroatoms. The van der Waals surface area contributed by atoms with Gasteiger partial charge in [0, 0.05) is 33.4 Å². The Hall–Kier alpha value is -1.62. The SMILES string of the molecule is CC(C)(CC(N)=O)Nc1nccc2c(Br)cccc12. The second kappa shape index (κ2) is 5.17. The lowest BCUT2D eigenvalue weighted by atomic mass is 10.00. The van der Waals surface area contributed by atoms with Crippen LogP contribution in [-0.2, 0) is 4.79 Å². The first-order chi connectivity index (χ1) is 8.89. The van der Waals surface area contributed by atoms with Crippen LogP contribution in [0.4, 0.5) is 5.82 Å². The quantitative estimate of drug-likeness (QED) is 0.909. The van der Waals surface area contributed by atoms with Crippen molar-refractivity contribution in [1.82, 2.24) is 4.98 Å². The summed E-state index contributed by atoms with van der Waals surface area (Å²) in [5.74, 6) is 0.420. The molecule has 0 saturated carbocycles. The lowest BCUT2D eigenvalue weighted by Crippen LogP contribution is -2.36. The van der Waals surface area contributed by atoms with E-state index in [0.717, 1.165) is 21.1 Å². The predicted octanol–water partition coefficient (Wildman–Crippen LogP) is 3.06. The number of amides is 1. The third-order valence-electron chi connectivity index (χ3n) is 2.83. The first kappa shape index (κ1) is 13.8. The number of halogens is 1. The number of carbonyl (C=O) groups is 1. The highest BCUT2D eigenvalue weighted by molar-refractivity contribution is 9.10. The van der Waals surface area contributed by atoms with E-state index in [-0.39, 0.29) is 12.3 Å². The molecule has 0 spiro atoms. The summed E-state index contributed by atoms with van der Waals surface area (Å²) in [5.41, 5.74) is 4.83. The number of carbonyl (C=O) groups excluding carboxylic acids is 1. The van der Waals surface area contributed by atoms with Gasteiger partial charge in [0.15, 0.2) is 0 Å². The van der Waals surface area contributed by atoms with Crippen LogP contribution >= 0.6 is 15.9 Å². The smallest absolute Gasteiger partial charge is 0.219 e. The number of anilines is 1. The first-order valence-electron chi connectivity index (χ1n) is 5.99. The fraction of sp³-hybridized carbons (Fsp3) is 0.286.